The van der Waals surface area contributed by atoms with E-state index in [1.54, 1.807) is 0 Å². The van der Waals surface area contributed by atoms with E-state index in [4.69, 9.17) is 0 Å². The number of nitrogens with one attached hydrogen (secondary N) is 1. The van der Waals surface area contributed by atoms with Crippen LogP contribution in [-0.2, 0) is 0 Å². The maximum atomic E-state index is 13.0. The molecule has 1 N–H and O–H groups in total. The third kappa shape index (κ3) is 3.32. The summed E-state index contributed by atoms with van der Waals surface area (Å²) in [4.78, 5) is 2.25. The topological polar surface area (TPSA) is 15.3 Å². The lowest BCUT2D eigenvalue weighted by Gasteiger charge is -2.45. The zero-order valence-electron chi connectivity index (χ0n) is 13.1. The average Bonchev–Trinajstić information content (AvgIpc) is 2.38. The Morgan fingerprint density at radius 1 is 1.30 bits per heavy atom. The van der Waals surface area contributed by atoms with Crippen molar-refractivity contribution in [1.29, 1.82) is 0 Å². The molecule has 1 saturated carbocycles. The van der Waals surface area contributed by atoms with E-state index in [1.807, 2.05) is 12.1 Å². The highest BCUT2D eigenvalue weighted by Gasteiger charge is 2.38. The van der Waals surface area contributed by atoms with Gasteiger partial charge in [0.15, 0.2) is 0 Å². The zero-order valence-corrected chi connectivity index (χ0v) is 13.1. The van der Waals surface area contributed by atoms with Crippen molar-refractivity contribution in [2.45, 2.75) is 39.2 Å². The summed E-state index contributed by atoms with van der Waals surface area (Å²) in [6.07, 6.45) is 3.85. The molecular weight excluding hydrogens is 251 g/mol. The fraction of sp³-hybridized carbons (Fsp3) is 0.647. The molecule has 2 unspecified atom stereocenters. The number of halogens is 1. The summed E-state index contributed by atoms with van der Waals surface area (Å²) in [6.45, 7) is 5.73. The molecule has 0 amide bonds. The van der Waals surface area contributed by atoms with Crippen LogP contribution < -0.4 is 10.2 Å². The minimum atomic E-state index is -0.172. The molecule has 0 aromatic heterocycles. The van der Waals surface area contributed by atoms with E-state index < -0.39 is 0 Å². The van der Waals surface area contributed by atoms with Crippen LogP contribution >= 0.6 is 0 Å². The quantitative estimate of drug-likeness (QED) is 0.904. The molecule has 0 heterocycles. The molecule has 0 bridgehead atoms. The second-order valence-corrected chi connectivity index (χ2v) is 6.76. The number of anilines is 1. The van der Waals surface area contributed by atoms with Crippen molar-refractivity contribution < 1.29 is 4.39 Å². The van der Waals surface area contributed by atoms with Gasteiger partial charge in [-0.25, -0.2) is 4.39 Å². The number of hydrogen-bond donors (Lipinski definition) is 1. The fourth-order valence-electron chi connectivity index (χ4n) is 3.76. The van der Waals surface area contributed by atoms with Crippen LogP contribution in [0.5, 0.6) is 0 Å². The van der Waals surface area contributed by atoms with Crippen LogP contribution in [0.4, 0.5) is 10.1 Å². The van der Waals surface area contributed by atoms with Gasteiger partial charge in [-0.05, 0) is 55.5 Å². The molecule has 3 heteroatoms. The Labute approximate surface area is 122 Å². The SMILES string of the molecule is CNC1C(CN(C)c2ccc(F)cc2)CCCC1(C)C. The Morgan fingerprint density at radius 2 is 1.95 bits per heavy atom. The minimum absolute atomic E-state index is 0.172. The molecule has 0 aliphatic heterocycles. The lowest BCUT2D eigenvalue weighted by atomic mass is 9.68. The van der Waals surface area contributed by atoms with Crippen molar-refractivity contribution in [1.82, 2.24) is 5.32 Å². The Morgan fingerprint density at radius 3 is 2.55 bits per heavy atom. The first-order valence-electron chi connectivity index (χ1n) is 7.58. The monoisotopic (exact) mass is 278 g/mol. The number of hydrogen-bond acceptors (Lipinski definition) is 2. The molecule has 1 aliphatic rings. The van der Waals surface area contributed by atoms with Crippen LogP contribution in [0.15, 0.2) is 24.3 Å². The smallest absolute Gasteiger partial charge is 0.123 e. The molecule has 1 aromatic rings. The maximum absolute atomic E-state index is 13.0. The van der Waals surface area contributed by atoms with Gasteiger partial charge in [-0.15, -0.1) is 0 Å². The fourth-order valence-corrected chi connectivity index (χ4v) is 3.76. The molecule has 0 spiro atoms. The lowest BCUT2D eigenvalue weighted by Crippen LogP contribution is -2.51. The molecule has 1 fully saturated rings. The van der Waals surface area contributed by atoms with Crippen molar-refractivity contribution in [2.24, 2.45) is 11.3 Å². The summed E-state index contributed by atoms with van der Waals surface area (Å²) >= 11 is 0. The average molecular weight is 278 g/mol. The van der Waals surface area contributed by atoms with Gasteiger partial charge in [0.25, 0.3) is 0 Å². The second kappa shape index (κ2) is 6.13. The third-order valence-electron chi connectivity index (χ3n) is 4.80. The molecule has 1 aromatic carbocycles. The molecule has 2 atom stereocenters. The van der Waals surface area contributed by atoms with E-state index in [-0.39, 0.29) is 5.82 Å². The van der Waals surface area contributed by atoms with E-state index in [2.05, 4.69) is 38.2 Å². The molecule has 1 aliphatic carbocycles. The standard InChI is InChI=1S/C17H27FN2/c1-17(2)11-5-6-13(16(17)19-3)12-20(4)15-9-7-14(18)8-10-15/h7-10,13,16,19H,5-6,11-12H2,1-4H3. The maximum Gasteiger partial charge on any atom is 0.123 e. The van der Waals surface area contributed by atoms with E-state index in [9.17, 15) is 4.39 Å². The summed E-state index contributed by atoms with van der Waals surface area (Å²) < 4.78 is 13.0. The van der Waals surface area contributed by atoms with Crippen molar-refractivity contribution in [2.75, 3.05) is 25.5 Å². The van der Waals surface area contributed by atoms with Gasteiger partial charge in [0, 0.05) is 25.3 Å². The third-order valence-corrected chi connectivity index (χ3v) is 4.80. The first-order chi connectivity index (χ1) is 9.44. The Bertz CT molecular complexity index is 427. The van der Waals surface area contributed by atoms with Gasteiger partial charge in [-0.1, -0.05) is 20.3 Å². The summed E-state index contributed by atoms with van der Waals surface area (Å²) in [5.74, 6) is 0.466. The Kier molecular flexibility index (Phi) is 4.69. The predicted molar refractivity (Wildman–Crippen MR) is 83.6 cm³/mol. The van der Waals surface area contributed by atoms with E-state index in [0.717, 1.165) is 12.2 Å². The normalized spacial score (nSPS) is 25.4. The van der Waals surface area contributed by atoms with Crippen molar-refractivity contribution in [3.63, 3.8) is 0 Å². The van der Waals surface area contributed by atoms with Crippen LogP contribution in [0, 0.1) is 17.2 Å². The van der Waals surface area contributed by atoms with E-state index >= 15 is 0 Å². The highest BCUT2D eigenvalue weighted by Crippen LogP contribution is 2.39. The molecule has 2 rings (SSSR count). The highest BCUT2D eigenvalue weighted by atomic mass is 19.1. The molecule has 112 valence electrons. The number of nitrogens with zero attached hydrogens (tertiary/aromatic N) is 1. The lowest BCUT2D eigenvalue weighted by molar-refractivity contribution is 0.118. The van der Waals surface area contributed by atoms with Crippen LogP contribution in [0.3, 0.4) is 0 Å². The number of rotatable bonds is 4. The Balaban J connectivity index is 2.06. The van der Waals surface area contributed by atoms with Crippen molar-refractivity contribution in [3.8, 4) is 0 Å². The van der Waals surface area contributed by atoms with E-state index in [1.165, 1.54) is 31.4 Å². The zero-order chi connectivity index (χ0) is 14.8. The van der Waals surface area contributed by atoms with Gasteiger partial charge in [-0.2, -0.15) is 0 Å². The van der Waals surface area contributed by atoms with Gasteiger partial charge in [0.1, 0.15) is 5.82 Å². The summed E-state index contributed by atoms with van der Waals surface area (Å²) in [5, 5.41) is 3.52. The van der Waals surface area contributed by atoms with Gasteiger partial charge in [0.05, 0.1) is 0 Å². The second-order valence-electron chi connectivity index (χ2n) is 6.76. The first-order valence-corrected chi connectivity index (χ1v) is 7.58. The molecule has 2 nitrogen and oxygen atoms in total. The van der Waals surface area contributed by atoms with Crippen LogP contribution in [0.2, 0.25) is 0 Å². The summed E-state index contributed by atoms with van der Waals surface area (Å²) in [5.41, 5.74) is 1.44. The van der Waals surface area contributed by atoms with Crippen molar-refractivity contribution >= 4 is 5.69 Å². The van der Waals surface area contributed by atoms with Gasteiger partial charge >= 0.3 is 0 Å². The highest BCUT2D eigenvalue weighted by molar-refractivity contribution is 5.45. The molecule has 20 heavy (non-hydrogen) atoms. The van der Waals surface area contributed by atoms with Gasteiger partial charge < -0.3 is 10.2 Å². The van der Waals surface area contributed by atoms with E-state index in [0.29, 0.717) is 17.4 Å². The minimum Gasteiger partial charge on any atom is -0.374 e. The molecule has 0 radical (unpaired) electrons. The van der Waals surface area contributed by atoms with Crippen LogP contribution in [0.25, 0.3) is 0 Å². The van der Waals surface area contributed by atoms with Gasteiger partial charge in [-0.3, -0.25) is 0 Å². The largest absolute Gasteiger partial charge is 0.374 e. The Hall–Kier alpha value is -1.09. The summed E-state index contributed by atoms with van der Waals surface area (Å²) in [7, 11) is 4.17. The first kappa shape index (κ1) is 15.3. The molecule has 0 saturated heterocycles. The molecular formula is C17H27FN2. The number of benzene rings is 1. The summed E-state index contributed by atoms with van der Waals surface area (Å²) in [6, 6.07) is 7.33. The van der Waals surface area contributed by atoms with Gasteiger partial charge in [0.2, 0.25) is 0 Å². The van der Waals surface area contributed by atoms with Crippen molar-refractivity contribution in [3.05, 3.63) is 30.1 Å². The predicted octanol–water partition coefficient (Wildman–Crippen LogP) is 3.68. The van der Waals surface area contributed by atoms with Crippen LogP contribution in [0.1, 0.15) is 33.1 Å². The van der Waals surface area contributed by atoms with Crippen LogP contribution in [-0.4, -0.2) is 26.7 Å².